The molecule has 21 heavy (non-hydrogen) atoms. The summed E-state index contributed by atoms with van der Waals surface area (Å²) in [5.74, 6) is 0. The van der Waals surface area contributed by atoms with Crippen LogP contribution in [0.25, 0.3) is 0 Å². The lowest BCUT2D eigenvalue weighted by Gasteiger charge is -2.37. The minimum Gasteiger partial charge on any atom is -0.399 e. The Morgan fingerprint density at radius 2 is 2.05 bits per heavy atom. The molecule has 0 aliphatic carbocycles. The van der Waals surface area contributed by atoms with E-state index in [9.17, 15) is 0 Å². The van der Waals surface area contributed by atoms with E-state index in [2.05, 4.69) is 42.7 Å². The fourth-order valence-electron chi connectivity index (χ4n) is 2.80. The first-order chi connectivity index (χ1) is 10.1. The topological polar surface area (TPSA) is 41.7 Å². The van der Waals surface area contributed by atoms with E-state index in [1.807, 2.05) is 12.1 Å². The van der Waals surface area contributed by atoms with Gasteiger partial charge in [0.2, 0.25) is 0 Å². The van der Waals surface area contributed by atoms with Crippen molar-refractivity contribution in [2.24, 2.45) is 0 Å². The summed E-state index contributed by atoms with van der Waals surface area (Å²) < 4.78 is 5.94. The molecule has 2 rings (SSSR count). The van der Waals surface area contributed by atoms with Crippen molar-refractivity contribution in [3.8, 4) is 0 Å². The molecule has 118 valence electrons. The smallest absolute Gasteiger partial charge is 0.0829 e. The summed E-state index contributed by atoms with van der Waals surface area (Å²) in [4.78, 5) is 4.95. The average Bonchev–Trinajstić information content (AvgIpc) is 2.49. The lowest BCUT2D eigenvalue weighted by Crippen LogP contribution is -2.49. The van der Waals surface area contributed by atoms with Crippen LogP contribution in [0.5, 0.6) is 0 Å². The van der Waals surface area contributed by atoms with E-state index >= 15 is 0 Å². The number of nitrogens with two attached hydrogens (primary N) is 1. The molecule has 0 aromatic heterocycles. The third-order valence-corrected chi connectivity index (χ3v) is 4.20. The van der Waals surface area contributed by atoms with Crippen molar-refractivity contribution in [1.82, 2.24) is 9.80 Å². The molecule has 2 N–H and O–H groups in total. The highest BCUT2D eigenvalue weighted by Gasteiger charge is 2.23. The molecular formula is C17H29N3O. The van der Waals surface area contributed by atoms with Gasteiger partial charge in [-0.3, -0.25) is 9.80 Å². The van der Waals surface area contributed by atoms with Gasteiger partial charge in [-0.2, -0.15) is 0 Å². The molecule has 1 saturated heterocycles. The highest BCUT2D eigenvalue weighted by atomic mass is 16.5. The van der Waals surface area contributed by atoms with Crippen LogP contribution in [-0.2, 0) is 11.3 Å². The molecule has 4 nitrogen and oxygen atoms in total. The van der Waals surface area contributed by atoms with Crippen molar-refractivity contribution in [3.05, 3.63) is 29.8 Å². The standard InChI is InChI=1S/C17H29N3O/c1-4-19(11-15-5-7-16(18)8-6-15)12-17-13-20(14(2)3)9-10-21-17/h5-8,14,17H,4,9-13,18H2,1-3H3. The number of hydrogen-bond acceptors (Lipinski definition) is 4. The molecular weight excluding hydrogens is 262 g/mol. The van der Waals surface area contributed by atoms with Crippen LogP contribution < -0.4 is 5.73 Å². The molecule has 4 heteroatoms. The zero-order chi connectivity index (χ0) is 15.2. The highest BCUT2D eigenvalue weighted by Crippen LogP contribution is 2.13. The third kappa shape index (κ3) is 4.99. The van der Waals surface area contributed by atoms with Gasteiger partial charge in [0.15, 0.2) is 0 Å². The van der Waals surface area contributed by atoms with Crippen molar-refractivity contribution in [2.45, 2.75) is 39.5 Å². The van der Waals surface area contributed by atoms with Crippen LogP contribution in [0.15, 0.2) is 24.3 Å². The average molecular weight is 291 g/mol. The van der Waals surface area contributed by atoms with Crippen LogP contribution in [0.3, 0.4) is 0 Å². The van der Waals surface area contributed by atoms with Gasteiger partial charge in [0.25, 0.3) is 0 Å². The monoisotopic (exact) mass is 291 g/mol. The Bertz CT molecular complexity index is 419. The van der Waals surface area contributed by atoms with Gasteiger partial charge < -0.3 is 10.5 Å². The maximum Gasteiger partial charge on any atom is 0.0829 e. The van der Waals surface area contributed by atoms with Gasteiger partial charge in [-0.1, -0.05) is 19.1 Å². The second-order valence-corrected chi connectivity index (χ2v) is 6.15. The Labute approximate surface area is 128 Å². The Hall–Kier alpha value is -1.10. The minimum atomic E-state index is 0.315. The Morgan fingerprint density at radius 1 is 1.33 bits per heavy atom. The zero-order valence-corrected chi connectivity index (χ0v) is 13.6. The van der Waals surface area contributed by atoms with Crippen molar-refractivity contribution < 1.29 is 4.74 Å². The van der Waals surface area contributed by atoms with Gasteiger partial charge in [-0.15, -0.1) is 0 Å². The molecule has 1 atom stereocenters. The van der Waals surface area contributed by atoms with E-state index in [1.165, 1.54) is 5.56 Å². The predicted octanol–water partition coefficient (Wildman–Crippen LogP) is 2.20. The van der Waals surface area contributed by atoms with Crippen LogP contribution in [0.2, 0.25) is 0 Å². The maximum absolute atomic E-state index is 5.94. The van der Waals surface area contributed by atoms with E-state index in [0.29, 0.717) is 12.1 Å². The number of morpholine rings is 1. The molecule has 0 amide bonds. The molecule has 0 spiro atoms. The van der Waals surface area contributed by atoms with Gasteiger partial charge in [-0.05, 0) is 38.1 Å². The van der Waals surface area contributed by atoms with E-state index in [1.54, 1.807) is 0 Å². The van der Waals surface area contributed by atoms with Gasteiger partial charge in [-0.25, -0.2) is 0 Å². The third-order valence-electron chi connectivity index (χ3n) is 4.20. The van der Waals surface area contributed by atoms with Crippen molar-refractivity contribution in [3.63, 3.8) is 0 Å². The first-order valence-corrected chi connectivity index (χ1v) is 8.01. The molecule has 1 unspecified atom stereocenters. The molecule has 1 fully saturated rings. The van der Waals surface area contributed by atoms with Crippen molar-refractivity contribution in [1.29, 1.82) is 0 Å². The number of nitrogens with zero attached hydrogens (tertiary/aromatic N) is 2. The lowest BCUT2D eigenvalue weighted by molar-refractivity contribution is -0.0525. The Morgan fingerprint density at radius 3 is 2.67 bits per heavy atom. The molecule has 0 bridgehead atoms. The fraction of sp³-hybridized carbons (Fsp3) is 0.647. The lowest BCUT2D eigenvalue weighted by atomic mass is 10.1. The largest absolute Gasteiger partial charge is 0.399 e. The number of ether oxygens (including phenoxy) is 1. The summed E-state index contributed by atoms with van der Waals surface area (Å²) in [6, 6.07) is 8.77. The van der Waals surface area contributed by atoms with E-state index < -0.39 is 0 Å². The van der Waals surface area contributed by atoms with Gasteiger partial charge in [0.05, 0.1) is 12.7 Å². The molecule has 1 aliphatic rings. The molecule has 0 radical (unpaired) electrons. The summed E-state index contributed by atoms with van der Waals surface area (Å²) in [6.45, 7) is 12.6. The second-order valence-electron chi connectivity index (χ2n) is 6.15. The number of anilines is 1. The predicted molar refractivity (Wildman–Crippen MR) is 88.3 cm³/mol. The molecule has 1 aromatic carbocycles. The number of likely N-dealkylation sites (N-methyl/N-ethyl adjacent to an activating group) is 1. The van der Waals surface area contributed by atoms with Gasteiger partial charge in [0.1, 0.15) is 0 Å². The Kier molecular flexibility index (Phi) is 6.03. The zero-order valence-electron chi connectivity index (χ0n) is 13.6. The van der Waals surface area contributed by atoms with Gasteiger partial charge >= 0.3 is 0 Å². The molecule has 0 saturated carbocycles. The molecule has 1 heterocycles. The van der Waals surface area contributed by atoms with Crippen molar-refractivity contribution in [2.75, 3.05) is 38.5 Å². The fourth-order valence-corrected chi connectivity index (χ4v) is 2.80. The van der Waals surface area contributed by atoms with E-state index in [4.69, 9.17) is 10.5 Å². The van der Waals surface area contributed by atoms with Gasteiger partial charge in [0, 0.05) is 37.9 Å². The number of hydrogen-bond donors (Lipinski definition) is 1. The summed E-state index contributed by atoms with van der Waals surface area (Å²) in [5.41, 5.74) is 7.88. The van der Waals surface area contributed by atoms with Crippen LogP contribution in [0.1, 0.15) is 26.3 Å². The first-order valence-electron chi connectivity index (χ1n) is 8.01. The van der Waals surface area contributed by atoms with E-state index in [0.717, 1.165) is 45.0 Å². The Balaban J connectivity index is 1.88. The summed E-state index contributed by atoms with van der Waals surface area (Å²) >= 11 is 0. The van der Waals surface area contributed by atoms with Crippen molar-refractivity contribution >= 4 is 5.69 Å². The second kappa shape index (κ2) is 7.78. The van der Waals surface area contributed by atoms with E-state index in [-0.39, 0.29) is 0 Å². The van der Waals surface area contributed by atoms with Crippen LogP contribution in [0, 0.1) is 0 Å². The molecule has 1 aromatic rings. The number of nitrogen functional groups attached to an aromatic ring is 1. The molecule has 1 aliphatic heterocycles. The first kappa shape index (κ1) is 16.3. The summed E-state index contributed by atoms with van der Waals surface area (Å²) in [7, 11) is 0. The number of rotatable bonds is 6. The summed E-state index contributed by atoms with van der Waals surface area (Å²) in [6.07, 6.45) is 0.315. The van der Waals surface area contributed by atoms with Crippen LogP contribution >= 0.6 is 0 Å². The maximum atomic E-state index is 5.94. The number of benzene rings is 1. The minimum absolute atomic E-state index is 0.315. The van der Waals surface area contributed by atoms with Crippen LogP contribution in [-0.4, -0.2) is 54.7 Å². The quantitative estimate of drug-likeness (QED) is 0.816. The normalized spacial score (nSPS) is 20.3. The highest BCUT2D eigenvalue weighted by molar-refractivity contribution is 5.39. The summed E-state index contributed by atoms with van der Waals surface area (Å²) in [5, 5.41) is 0. The van der Waals surface area contributed by atoms with Crippen LogP contribution in [0.4, 0.5) is 5.69 Å². The SMILES string of the molecule is CCN(Cc1ccc(N)cc1)CC1CN(C(C)C)CCO1.